The highest BCUT2D eigenvalue weighted by Gasteiger charge is 2.26. The van der Waals surface area contributed by atoms with Crippen molar-refractivity contribution in [3.05, 3.63) is 46.6 Å². The van der Waals surface area contributed by atoms with Crippen LogP contribution < -0.4 is 0 Å². The van der Waals surface area contributed by atoms with E-state index in [-0.39, 0.29) is 0 Å². The second kappa shape index (κ2) is 8.00. The molecule has 0 unspecified atom stereocenters. The van der Waals surface area contributed by atoms with E-state index >= 15 is 0 Å². The maximum absolute atomic E-state index is 4.46. The van der Waals surface area contributed by atoms with Gasteiger partial charge in [0.05, 0.1) is 5.71 Å². The lowest BCUT2D eigenvalue weighted by atomic mass is 9.72. The highest BCUT2D eigenvalue weighted by Crippen LogP contribution is 2.41. The molecule has 0 amide bonds. The van der Waals surface area contributed by atoms with Gasteiger partial charge in [0.25, 0.3) is 0 Å². The zero-order valence-corrected chi connectivity index (χ0v) is 16.4. The first-order chi connectivity index (χ1) is 11.3. The standard InChI is InChI=1S/C22H34N2/c1-17-9-8-14-22(3,4)21(17)13-12-19-10-7-11-20(16-19)15-18(2)23-24(5)6/h12-13,15-16H,7-11,14H2,1-6H3/b13-12+,20-15+,23-18+. The Labute approximate surface area is 148 Å². The van der Waals surface area contributed by atoms with Gasteiger partial charge in [0.15, 0.2) is 0 Å². The van der Waals surface area contributed by atoms with E-state index < -0.39 is 0 Å². The van der Waals surface area contributed by atoms with Crippen LogP contribution >= 0.6 is 0 Å². The lowest BCUT2D eigenvalue weighted by Crippen LogP contribution is -2.19. The maximum atomic E-state index is 4.46. The van der Waals surface area contributed by atoms with Crippen LogP contribution in [0.25, 0.3) is 0 Å². The second-order valence-electron chi connectivity index (χ2n) is 8.15. The van der Waals surface area contributed by atoms with Crippen molar-refractivity contribution in [3.63, 3.8) is 0 Å². The number of allylic oxidation sites excluding steroid dienone is 8. The van der Waals surface area contributed by atoms with E-state index in [9.17, 15) is 0 Å². The molecule has 0 fully saturated rings. The lowest BCUT2D eigenvalue weighted by molar-refractivity contribution is 0.377. The number of rotatable bonds is 4. The molecule has 0 aromatic rings. The Balaban J connectivity index is 2.18. The summed E-state index contributed by atoms with van der Waals surface area (Å²) in [6, 6.07) is 0. The molecule has 132 valence electrons. The van der Waals surface area contributed by atoms with Crippen molar-refractivity contribution >= 4 is 5.71 Å². The highest BCUT2D eigenvalue weighted by atomic mass is 15.4. The summed E-state index contributed by atoms with van der Waals surface area (Å²) < 4.78 is 0. The summed E-state index contributed by atoms with van der Waals surface area (Å²) in [5.74, 6) is 0. The normalized spacial score (nSPS) is 23.8. The molecule has 0 saturated carbocycles. The van der Waals surface area contributed by atoms with Crippen LogP contribution in [-0.4, -0.2) is 24.8 Å². The molecule has 0 radical (unpaired) electrons. The van der Waals surface area contributed by atoms with Gasteiger partial charge in [-0.3, -0.25) is 0 Å². The van der Waals surface area contributed by atoms with E-state index in [1.807, 2.05) is 19.1 Å². The monoisotopic (exact) mass is 326 g/mol. The van der Waals surface area contributed by atoms with Crippen molar-refractivity contribution in [1.82, 2.24) is 5.01 Å². The van der Waals surface area contributed by atoms with Crippen molar-refractivity contribution in [3.8, 4) is 0 Å². The quantitative estimate of drug-likeness (QED) is 0.454. The summed E-state index contributed by atoms with van der Waals surface area (Å²) in [6.45, 7) is 9.15. The fourth-order valence-electron chi connectivity index (χ4n) is 3.94. The zero-order valence-electron chi connectivity index (χ0n) is 16.4. The predicted molar refractivity (Wildman–Crippen MR) is 106 cm³/mol. The van der Waals surface area contributed by atoms with Crippen LogP contribution in [-0.2, 0) is 0 Å². The SMILES string of the molecule is CC1=C(/C=C/C2=CC(=C/C(C)=N/N(C)C)/CCC2)C(C)(C)CCC1. The molecule has 2 aliphatic carbocycles. The molecule has 0 aromatic carbocycles. The summed E-state index contributed by atoms with van der Waals surface area (Å²) in [4.78, 5) is 0. The molecule has 0 heterocycles. The summed E-state index contributed by atoms with van der Waals surface area (Å²) in [5.41, 5.74) is 7.37. The molecule has 2 aliphatic rings. The van der Waals surface area contributed by atoms with Crippen LogP contribution in [0.2, 0.25) is 0 Å². The first-order valence-corrected chi connectivity index (χ1v) is 9.30. The first kappa shape index (κ1) is 18.8. The van der Waals surface area contributed by atoms with Gasteiger partial charge in [0, 0.05) is 14.1 Å². The fraction of sp³-hybridized carbons (Fsp3) is 0.591. The summed E-state index contributed by atoms with van der Waals surface area (Å²) in [7, 11) is 3.93. The smallest absolute Gasteiger partial charge is 0.0577 e. The minimum absolute atomic E-state index is 0.321. The molecule has 0 N–H and O–H groups in total. The highest BCUT2D eigenvalue weighted by molar-refractivity contribution is 5.93. The number of hydrogen-bond acceptors (Lipinski definition) is 2. The average molecular weight is 327 g/mol. The van der Waals surface area contributed by atoms with E-state index in [0.29, 0.717) is 5.41 Å². The van der Waals surface area contributed by atoms with Crippen LogP contribution in [0, 0.1) is 5.41 Å². The van der Waals surface area contributed by atoms with Gasteiger partial charge in [-0.25, -0.2) is 0 Å². The van der Waals surface area contributed by atoms with Crippen molar-refractivity contribution in [2.75, 3.05) is 14.1 Å². The summed E-state index contributed by atoms with van der Waals surface area (Å²) in [6.07, 6.45) is 16.8. The molecule has 0 aromatic heterocycles. The van der Waals surface area contributed by atoms with Gasteiger partial charge in [0.2, 0.25) is 0 Å². The van der Waals surface area contributed by atoms with Crippen LogP contribution in [0.4, 0.5) is 0 Å². The van der Waals surface area contributed by atoms with Crippen LogP contribution in [0.1, 0.15) is 66.2 Å². The van der Waals surface area contributed by atoms with Crippen molar-refractivity contribution in [1.29, 1.82) is 0 Å². The molecule has 2 nitrogen and oxygen atoms in total. The van der Waals surface area contributed by atoms with Crippen LogP contribution in [0.3, 0.4) is 0 Å². The van der Waals surface area contributed by atoms with Gasteiger partial charge in [0.1, 0.15) is 0 Å². The maximum Gasteiger partial charge on any atom is 0.0577 e. The van der Waals surface area contributed by atoms with Crippen molar-refractivity contribution in [2.24, 2.45) is 10.5 Å². The minimum Gasteiger partial charge on any atom is -0.303 e. The topological polar surface area (TPSA) is 15.6 Å². The van der Waals surface area contributed by atoms with E-state index in [0.717, 1.165) is 12.1 Å². The molecular weight excluding hydrogens is 292 g/mol. The zero-order chi connectivity index (χ0) is 17.7. The first-order valence-electron chi connectivity index (χ1n) is 9.30. The molecule has 0 aliphatic heterocycles. The summed E-state index contributed by atoms with van der Waals surface area (Å²) in [5, 5.41) is 6.33. The molecule has 2 heteroatoms. The van der Waals surface area contributed by atoms with Gasteiger partial charge in [-0.2, -0.15) is 5.10 Å². The van der Waals surface area contributed by atoms with E-state index in [1.165, 1.54) is 43.3 Å². The molecular formula is C22H34N2. The fourth-order valence-corrected chi connectivity index (χ4v) is 3.94. The Kier molecular flexibility index (Phi) is 6.26. The van der Waals surface area contributed by atoms with Gasteiger partial charge in [-0.1, -0.05) is 37.6 Å². The number of hydrazone groups is 1. The molecule has 0 atom stereocenters. The van der Waals surface area contributed by atoms with Gasteiger partial charge < -0.3 is 5.01 Å². The summed E-state index contributed by atoms with van der Waals surface area (Å²) >= 11 is 0. The molecule has 0 spiro atoms. The largest absolute Gasteiger partial charge is 0.303 e. The molecule has 0 bridgehead atoms. The average Bonchev–Trinajstić information content (AvgIpc) is 2.45. The second-order valence-corrected chi connectivity index (χ2v) is 8.15. The Hall–Kier alpha value is -1.57. The number of nitrogens with zero attached hydrogens (tertiary/aromatic N) is 2. The Morgan fingerprint density at radius 1 is 1.12 bits per heavy atom. The molecule has 2 rings (SSSR count). The van der Waals surface area contributed by atoms with Crippen molar-refractivity contribution < 1.29 is 0 Å². The predicted octanol–water partition coefficient (Wildman–Crippen LogP) is 6.04. The van der Waals surface area contributed by atoms with Crippen LogP contribution in [0.15, 0.2) is 51.7 Å². The van der Waals surface area contributed by atoms with Crippen LogP contribution in [0.5, 0.6) is 0 Å². The molecule has 0 saturated heterocycles. The lowest BCUT2D eigenvalue weighted by Gasteiger charge is -2.33. The van der Waals surface area contributed by atoms with E-state index in [2.05, 4.69) is 57.1 Å². The number of hydrogen-bond donors (Lipinski definition) is 0. The minimum atomic E-state index is 0.321. The Bertz CT molecular complexity index is 610. The van der Waals surface area contributed by atoms with Gasteiger partial charge >= 0.3 is 0 Å². The van der Waals surface area contributed by atoms with Gasteiger partial charge in [-0.15, -0.1) is 0 Å². The Morgan fingerprint density at radius 3 is 2.54 bits per heavy atom. The third-order valence-corrected chi connectivity index (χ3v) is 5.06. The van der Waals surface area contributed by atoms with E-state index in [4.69, 9.17) is 0 Å². The Morgan fingerprint density at radius 2 is 1.88 bits per heavy atom. The molecule has 24 heavy (non-hydrogen) atoms. The third kappa shape index (κ3) is 5.22. The third-order valence-electron chi connectivity index (χ3n) is 5.06. The van der Waals surface area contributed by atoms with E-state index in [1.54, 1.807) is 11.1 Å². The van der Waals surface area contributed by atoms with Crippen molar-refractivity contribution in [2.45, 2.75) is 66.2 Å². The van der Waals surface area contributed by atoms with Gasteiger partial charge in [-0.05, 0) is 80.6 Å².